The van der Waals surface area contributed by atoms with Crippen LogP contribution in [0.25, 0.3) is 11.3 Å². The summed E-state index contributed by atoms with van der Waals surface area (Å²) in [4.78, 5) is 36.5. The van der Waals surface area contributed by atoms with Crippen LogP contribution in [0.4, 0.5) is 0 Å². The molecular weight excluding hydrogens is 410 g/mol. The van der Waals surface area contributed by atoms with Gasteiger partial charge in [0.25, 0.3) is 0 Å². The molecule has 4 rings (SSSR count). The number of nitrogens with one attached hydrogen (secondary N) is 2. The maximum absolute atomic E-state index is 12.3. The molecule has 2 N–H and O–H groups in total. The molecule has 1 aliphatic rings. The molecule has 0 aliphatic carbocycles. The van der Waals surface area contributed by atoms with E-state index in [1.807, 2.05) is 24.3 Å². The van der Waals surface area contributed by atoms with Crippen molar-refractivity contribution in [2.45, 2.75) is 44.1 Å². The Balaban J connectivity index is 1.49. The van der Waals surface area contributed by atoms with Gasteiger partial charge in [-0.3, -0.25) is 9.59 Å². The second-order valence-corrected chi connectivity index (χ2v) is 7.71. The Labute approximate surface area is 185 Å². The van der Waals surface area contributed by atoms with Crippen LogP contribution in [0.3, 0.4) is 0 Å². The van der Waals surface area contributed by atoms with E-state index in [2.05, 4.69) is 25.4 Å². The number of Topliss-reactive ketones (excluding diaryl/α,β-unsaturated/α-hetero) is 1. The number of ether oxygens (including phenoxy) is 1. The number of carbonyl (C=O) groups excluding carboxylic acids is 2. The second kappa shape index (κ2) is 9.59. The van der Waals surface area contributed by atoms with E-state index >= 15 is 0 Å². The van der Waals surface area contributed by atoms with Gasteiger partial charge in [-0.25, -0.2) is 9.97 Å². The van der Waals surface area contributed by atoms with Crippen LogP contribution in [-0.4, -0.2) is 38.9 Å². The van der Waals surface area contributed by atoms with E-state index in [9.17, 15) is 9.59 Å². The summed E-state index contributed by atoms with van der Waals surface area (Å²) in [5, 5.41) is 6.81. The highest BCUT2D eigenvalue weighted by Crippen LogP contribution is 2.35. The monoisotopic (exact) mass is 435 g/mol. The van der Waals surface area contributed by atoms with Gasteiger partial charge >= 0.3 is 0 Å². The summed E-state index contributed by atoms with van der Waals surface area (Å²) >= 11 is 0. The number of imidazole rings is 1. The van der Waals surface area contributed by atoms with Gasteiger partial charge in [-0.2, -0.15) is 0 Å². The Kier molecular flexibility index (Phi) is 6.44. The summed E-state index contributed by atoms with van der Waals surface area (Å²) in [5.41, 5.74) is 1.28. The molecule has 0 aromatic carbocycles. The molecule has 1 saturated heterocycles. The maximum atomic E-state index is 12.3. The Morgan fingerprint density at radius 3 is 3.00 bits per heavy atom. The standard InChI is InChI=1S/C23H25N5O4/c1-31-21-16(7-6-13-24-21)18-15-25-22(26-18)23(12-5-9-20(30)27-23)11-4-2-3-8-19(29)17-10-14-32-28-17/h2,4,6-7,10,13-15H,3,5,8-9,11-12H2,1H3,(H,25,26)(H,27,30)/b4-2+/t23-/m0/s1. The van der Waals surface area contributed by atoms with Gasteiger partial charge in [0.2, 0.25) is 11.8 Å². The van der Waals surface area contributed by atoms with Crippen molar-refractivity contribution in [3.05, 3.63) is 60.5 Å². The number of aromatic amines is 1. The summed E-state index contributed by atoms with van der Waals surface area (Å²) in [6.07, 6.45) is 12.3. The van der Waals surface area contributed by atoms with Gasteiger partial charge in [0, 0.05) is 25.1 Å². The maximum Gasteiger partial charge on any atom is 0.222 e. The molecule has 0 radical (unpaired) electrons. The number of methoxy groups -OCH3 is 1. The number of hydrogen-bond donors (Lipinski definition) is 2. The average molecular weight is 435 g/mol. The van der Waals surface area contributed by atoms with Crippen LogP contribution in [0.2, 0.25) is 0 Å². The van der Waals surface area contributed by atoms with Crippen molar-refractivity contribution in [3.8, 4) is 17.1 Å². The van der Waals surface area contributed by atoms with Crippen molar-refractivity contribution in [2.75, 3.05) is 7.11 Å². The van der Waals surface area contributed by atoms with Crippen molar-refractivity contribution in [3.63, 3.8) is 0 Å². The zero-order chi connectivity index (χ0) is 22.4. The van der Waals surface area contributed by atoms with E-state index in [0.29, 0.717) is 43.1 Å². The molecule has 3 aromatic rings. The Hall–Kier alpha value is -3.75. The number of piperidine rings is 1. The van der Waals surface area contributed by atoms with Crippen molar-refractivity contribution in [1.29, 1.82) is 0 Å². The fourth-order valence-electron chi connectivity index (χ4n) is 3.93. The SMILES string of the molecule is COc1ncccc1-c1cnc([C@]2(C/C=C/CCC(=O)c3ccon3)CCCC(=O)N2)[nH]1. The van der Waals surface area contributed by atoms with E-state index in [-0.39, 0.29) is 11.7 Å². The van der Waals surface area contributed by atoms with Gasteiger partial charge in [0.1, 0.15) is 23.3 Å². The van der Waals surface area contributed by atoms with Crippen LogP contribution >= 0.6 is 0 Å². The molecule has 0 unspecified atom stereocenters. The van der Waals surface area contributed by atoms with Crippen molar-refractivity contribution in [2.24, 2.45) is 0 Å². The second-order valence-electron chi connectivity index (χ2n) is 7.71. The van der Waals surface area contributed by atoms with E-state index in [1.54, 1.807) is 25.6 Å². The number of nitrogens with zero attached hydrogens (tertiary/aromatic N) is 3. The van der Waals surface area contributed by atoms with Gasteiger partial charge in [0.15, 0.2) is 5.78 Å². The van der Waals surface area contributed by atoms with Gasteiger partial charge in [0.05, 0.1) is 24.6 Å². The molecule has 32 heavy (non-hydrogen) atoms. The number of aromatic nitrogens is 4. The third-order valence-corrected chi connectivity index (χ3v) is 5.56. The normalized spacial score (nSPS) is 18.6. The number of rotatable bonds is 9. The highest BCUT2D eigenvalue weighted by molar-refractivity contribution is 5.94. The van der Waals surface area contributed by atoms with Gasteiger partial charge in [-0.15, -0.1) is 0 Å². The minimum atomic E-state index is -0.629. The number of carbonyl (C=O) groups is 2. The Morgan fingerprint density at radius 1 is 1.31 bits per heavy atom. The van der Waals surface area contributed by atoms with E-state index in [0.717, 1.165) is 24.1 Å². The largest absolute Gasteiger partial charge is 0.481 e. The number of hydrogen-bond acceptors (Lipinski definition) is 7. The first-order chi connectivity index (χ1) is 15.6. The Morgan fingerprint density at radius 2 is 2.22 bits per heavy atom. The molecule has 4 heterocycles. The zero-order valence-electron chi connectivity index (χ0n) is 17.8. The van der Waals surface area contributed by atoms with Gasteiger partial charge < -0.3 is 19.6 Å². The summed E-state index contributed by atoms with van der Waals surface area (Å²) in [6.45, 7) is 0. The summed E-state index contributed by atoms with van der Waals surface area (Å²) in [7, 11) is 1.57. The quantitative estimate of drug-likeness (QED) is 0.389. The molecule has 1 aliphatic heterocycles. The van der Waals surface area contributed by atoms with E-state index < -0.39 is 5.54 Å². The predicted molar refractivity (Wildman–Crippen MR) is 116 cm³/mol. The van der Waals surface area contributed by atoms with Crippen LogP contribution in [0.5, 0.6) is 5.88 Å². The molecular formula is C23H25N5O4. The first-order valence-electron chi connectivity index (χ1n) is 10.6. The van der Waals surface area contributed by atoms with Crippen LogP contribution in [0, 0.1) is 0 Å². The smallest absolute Gasteiger partial charge is 0.222 e. The van der Waals surface area contributed by atoms with Gasteiger partial charge in [-0.05, 0) is 37.8 Å². The van der Waals surface area contributed by atoms with Crippen molar-refractivity contribution in [1.82, 2.24) is 25.4 Å². The Bertz CT molecular complexity index is 1110. The zero-order valence-corrected chi connectivity index (χ0v) is 17.8. The average Bonchev–Trinajstić information content (AvgIpc) is 3.51. The van der Waals surface area contributed by atoms with E-state index in [1.165, 1.54) is 6.26 Å². The topological polar surface area (TPSA) is 123 Å². The third kappa shape index (κ3) is 4.61. The molecule has 3 aromatic heterocycles. The summed E-state index contributed by atoms with van der Waals surface area (Å²) < 4.78 is 10.1. The lowest BCUT2D eigenvalue weighted by atomic mass is 9.84. The molecule has 166 valence electrons. The van der Waals surface area contributed by atoms with Crippen LogP contribution in [-0.2, 0) is 10.3 Å². The molecule has 0 spiro atoms. The van der Waals surface area contributed by atoms with E-state index in [4.69, 9.17) is 9.26 Å². The molecule has 0 bridgehead atoms. The minimum absolute atomic E-state index is 0.00256. The van der Waals surface area contributed by atoms with Crippen molar-refractivity contribution >= 4 is 11.7 Å². The van der Waals surface area contributed by atoms with Crippen LogP contribution < -0.4 is 10.1 Å². The predicted octanol–water partition coefficient (Wildman–Crippen LogP) is 3.57. The first kappa shape index (κ1) is 21.5. The summed E-state index contributed by atoms with van der Waals surface area (Å²) in [6, 6.07) is 5.30. The number of allylic oxidation sites excluding steroid dienone is 1. The van der Waals surface area contributed by atoms with Crippen molar-refractivity contribution < 1.29 is 18.8 Å². The number of amides is 1. The summed E-state index contributed by atoms with van der Waals surface area (Å²) in [5.74, 6) is 1.13. The van der Waals surface area contributed by atoms with Crippen LogP contribution in [0.1, 0.15) is 54.8 Å². The number of ketones is 1. The lowest BCUT2D eigenvalue weighted by Crippen LogP contribution is -2.49. The fraction of sp³-hybridized carbons (Fsp3) is 0.348. The molecule has 1 amide bonds. The molecule has 9 heteroatoms. The van der Waals surface area contributed by atoms with Crippen LogP contribution in [0.15, 0.2) is 53.5 Å². The minimum Gasteiger partial charge on any atom is -0.481 e. The molecule has 1 atom stereocenters. The third-order valence-electron chi connectivity index (χ3n) is 5.56. The lowest BCUT2D eigenvalue weighted by molar-refractivity contribution is -0.125. The number of H-pyrrole nitrogens is 1. The molecule has 1 fully saturated rings. The van der Waals surface area contributed by atoms with Gasteiger partial charge in [-0.1, -0.05) is 17.3 Å². The fourth-order valence-corrected chi connectivity index (χ4v) is 3.93. The highest BCUT2D eigenvalue weighted by atomic mass is 16.5. The number of pyridine rings is 1. The lowest BCUT2D eigenvalue weighted by Gasteiger charge is -2.35. The molecule has 0 saturated carbocycles. The first-order valence-corrected chi connectivity index (χ1v) is 10.6. The molecule has 9 nitrogen and oxygen atoms in total. The highest BCUT2D eigenvalue weighted by Gasteiger charge is 2.38.